The van der Waals surface area contributed by atoms with E-state index in [0.717, 1.165) is 67.4 Å². The summed E-state index contributed by atoms with van der Waals surface area (Å²) in [6, 6.07) is 8.83. The average molecular weight is 609 g/mol. The Morgan fingerprint density at radius 3 is 2.44 bits per heavy atom. The number of aromatic nitrogens is 3. The van der Waals surface area contributed by atoms with Gasteiger partial charge in [-0.25, -0.2) is 0 Å². The highest BCUT2D eigenvalue weighted by atomic mass is 16.2. The van der Waals surface area contributed by atoms with Crippen LogP contribution in [0.1, 0.15) is 76.9 Å². The topological polar surface area (TPSA) is 142 Å². The molecule has 4 fully saturated rings. The van der Waals surface area contributed by atoms with Gasteiger partial charge in [0, 0.05) is 62.5 Å². The van der Waals surface area contributed by atoms with Crippen molar-refractivity contribution < 1.29 is 19.2 Å². The summed E-state index contributed by atoms with van der Waals surface area (Å²) in [7, 11) is 0. The number of carbonyl (C=O) groups is 4. The Morgan fingerprint density at radius 2 is 1.71 bits per heavy atom. The van der Waals surface area contributed by atoms with Gasteiger partial charge in [0.15, 0.2) is 0 Å². The predicted octanol–water partition coefficient (Wildman–Crippen LogP) is 2.70. The van der Waals surface area contributed by atoms with E-state index in [9.17, 15) is 19.2 Å². The van der Waals surface area contributed by atoms with E-state index < -0.39 is 23.8 Å². The summed E-state index contributed by atoms with van der Waals surface area (Å²) in [4.78, 5) is 58.2. The van der Waals surface area contributed by atoms with Crippen LogP contribution in [0.4, 0.5) is 11.4 Å². The van der Waals surface area contributed by atoms with E-state index in [4.69, 9.17) is 10.1 Å². The molecule has 5 aliphatic rings. The van der Waals surface area contributed by atoms with Gasteiger partial charge in [0.25, 0.3) is 11.8 Å². The van der Waals surface area contributed by atoms with E-state index in [0.29, 0.717) is 17.9 Å². The lowest BCUT2D eigenvalue weighted by Crippen LogP contribution is -2.54. The Morgan fingerprint density at radius 1 is 0.911 bits per heavy atom. The Labute approximate surface area is 260 Å². The van der Waals surface area contributed by atoms with Gasteiger partial charge in [0.1, 0.15) is 6.04 Å². The lowest BCUT2D eigenvalue weighted by atomic mass is 9.80. The zero-order valence-electron chi connectivity index (χ0n) is 25.0. The summed E-state index contributed by atoms with van der Waals surface area (Å²) >= 11 is 0. The summed E-state index contributed by atoms with van der Waals surface area (Å²) < 4.78 is 2.15. The molecule has 45 heavy (non-hydrogen) atoms. The first-order valence-corrected chi connectivity index (χ1v) is 16.0. The first kappa shape index (κ1) is 27.9. The van der Waals surface area contributed by atoms with E-state index in [-0.39, 0.29) is 29.9 Å². The summed E-state index contributed by atoms with van der Waals surface area (Å²) in [6.45, 7) is 4.73. The number of nitrogens with zero attached hydrogens (tertiary/aromatic N) is 5. The van der Waals surface area contributed by atoms with Crippen molar-refractivity contribution in [3.63, 3.8) is 0 Å². The second-order valence-corrected chi connectivity index (χ2v) is 12.9. The predicted molar refractivity (Wildman–Crippen MR) is 166 cm³/mol. The van der Waals surface area contributed by atoms with Crippen molar-refractivity contribution in [2.24, 2.45) is 5.92 Å². The maximum atomic E-state index is 13.2. The van der Waals surface area contributed by atoms with Crippen LogP contribution >= 0.6 is 0 Å². The van der Waals surface area contributed by atoms with Crippen molar-refractivity contribution in [3.05, 3.63) is 59.5 Å². The fourth-order valence-electron chi connectivity index (χ4n) is 7.03. The summed E-state index contributed by atoms with van der Waals surface area (Å²) in [5, 5.41) is 14.1. The van der Waals surface area contributed by atoms with Gasteiger partial charge in [-0.3, -0.25) is 39.1 Å². The molecular formula is C33H36N8O4. The van der Waals surface area contributed by atoms with Crippen LogP contribution in [0.15, 0.2) is 42.7 Å². The van der Waals surface area contributed by atoms with Crippen molar-refractivity contribution >= 4 is 35.0 Å². The molecule has 8 rings (SSSR count). The highest BCUT2D eigenvalue weighted by Gasteiger charge is 2.44. The van der Waals surface area contributed by atoms with Crippen LogP contribution in [0.25, 0.3) is 11.3 Å². The highest BCUT2D eigenvalue weighted by Crippen LogP contribution is 2.45. The number of piperidine rings is 1. The maximum absolute atomic E-state index is 13.2. The molecule has 2 aromatic heterocycles. The molecule has 12 nitrogen and oxygen atoms in total. The molecule has 1 atom stereocenters. The fourth-order valence-corrected chi connectivity index (χ4v) is 7.03. The zero-order valence-corrected chi connectivity index (χ0v) is 25.0. The number of benzene rings is 1. The van der Waals surface area contributed by atoms with Crippen LogP contribution < -0.4 is 20.9 Å². The van der Waals surface area contributed by atoms with Crippen LogP contribution in [0.3, 0.4) is 0 Å². The number of pyridine rings is 1. The third-order valence-corrected chi connectivity index (χ3v) is 9.85. The van der Waals surface area contributed by atoms with Gasteiger partial charge < -0.3 is 15.5 Å². The van der Waals surface area contributed by atoms with Crippen LogP contribution in [0.2, 0.25) is 0 Å². The zero-order chi connectivity index (χ0) is 30.7. The molecule has 3 N–H and O–H groups in total. The molecule has 2 aliphatic carbocycles. The first-order valence-electron chi connectivity index (χ1n) is 16.0. The minimum absolute atomic E-state index is 0.0990. The number of hydrogen-bond donors (Lipinski definition) is 3. The molecule has 1 aromatic carbocycles. The Bertz CT molecular complexity index is 1680. The van der Waals surface area contributed by atoms with Crippen molar-refractivity contribution in [3.8, 4) is 11.3 Å². The molecule has 12 heteroatoms. The van der Waals surface area contributed by atoms with Crippen LogP contribution in [-0.4, -0.2) is 82.1 Å². The van der Waals surface area contributed by atoms with E-state index in [1.54, 1.807) is 18.2 Å². The summed E-state index contributed by atoms with van der Waals surface area (Å²) in [6.07, 6.45) is 8.78. The molecule has 1 unspecified atom stereocenters. The number of imide groups is 2. The molecular weight excluding hydrogens is 572 g/mol. The molecule has 4 amide bonds. The molecule has 5 heterocycles. The fraction of sp³-hybridized carbons (Fsp3) is 0.455. The minimum atomic E-state index is -0.964. The van der Waals surface area contributed by atoms with Crippen molar-refractivity contribution in [1.29, 1.82) is 0 Å². The molecule has 3 aromatic rings. The molecule has 0 radical (unpaired) electrons. The van der Waals surface area contributed by atoms with E-state index >= 15 is 0 Å². The second-order valence-electron chi connectivity index (χ2n) is 12.9. The number of nitrogens with one attached hydrogen (secondary N) is 3. The summed E-state index contributed by atoms with van der Waals surface area (Å²) in [5.74, 6) is -1.00. The summed E-state index contributed by atoms with van der Waals surface area (Å²) in [5.41, 5.74) is 5.80. The SMILES string of the molecule is O=C1CCC(N2C(=O)c3ccc(NCC4CC(n5cc(-c6ccc(N7CCNCC7)cn6)c(C6CC6)n5)C4)cc3C2=O)C(=O)N1. The molecule has 0 bridgehead atoms. The number of piperazine rings is 1. The Hall–Kier alpha value is -4.58. The minimum Gasteiger partial charge on any atom is -0.385 e. The Kier molecular flexibility index (Phi) is 6.89. The monoisotopic (exact) mass is 608 g/mol. The van der Waals surface area contributed by atoms with Crippen LogP contribution in [-0.2, 0) is 9.59 Å². The third kappa shape index (κ3) is 5.16. The third-order valence-electron chi connectivity index (χ3n) is 9.85. The van der Waals surface area contributed by atoms with Gasteiger partial charge in [0.05, 0.1) is 40.4 Å². The van der Waals surface area contributed by atoms with E-state index in [1.165, 1.54) is 24.2 Å². The standard InChI is InChI=1S/C33H36N8O4/c42-29-8-7-28(31(43)37-29)41-32(44)24-5-3-21(15-25(24)33(41)45)35-16-19-13-23(14-19)40-18-26(30(38-40)20-1-2-20)27-6-4-22(17-36-27)39-11-9-34-10-12-39/h3-6,15,17-20,23,28,34-35H,1-2,7-14,16H2,(H,37,42,43). The number of hydrogen-bond acceptors (Lipinski definition) is 9. The molecule has 2 saturated heterocycles. The maximum Gasteiger partial charge on any atom is 0.262 e. The van der Waals surface area contributed by atoms with E-state index in [1.807, 2.05) is 6.20 Å². The normalized spacial score (nSPS) is 24.8. The van der Waals surface area contributed by atoms with Crippen molar-refractivity contribution in [1.82, 2.24) is 30.3 Å². The largest absolute Gasteiger partial charge is 0.385 e. The average Bonchev–Trinajstić information content (AvgIpc) is 3.75. The second kappa shape index (κ2) is 11.1. The van der Waals surface area contributed by atoms with Crippen LogP contribution in [0.5, 0.6) is 0 Å². The lowest BCUT2D eigenvalue weighted by Gasteiger charge is -2.35. The number of anilines is 2. The van der Waals surface area contributed by atoms with Gasteiger partial charge >= 0.3 is 0 Å². The number of carbonyl (C=O) groups excluding carboxylic acids is 4. The lowest BCUT2D eigenvalue weighted by molar-refractivity contribution is -0.136. The van der Waals surface area contributed by atoms with Gasteiger partial charge in [-0.05, 0) is 68.4 Å². The van der Waals surface area contributed by atoms with Crippen LogP contribution in [0, 0.1) is 5.92 Å². The number of amides is 4. The van der Waals surface area contributed by atoms with Gasteiger partial charge in [0.2, 0.25) is 11.8 Å². The molecule has 3 aliphatic heterocycles. The quantitative estimate of drug-likeness (QED) is 0.329. The van der Waals surface area contributed by atoms with Gasteiger partial charge in [-0.1, -0.05) is 0 Å². The van der Waals surface area contributed by atoms with Crippen molar-refractivity contribution in [2.45, 2.75) is 56.5 Å². The molecule has 2 saturated carbocycles. The van der Waals surface area contributed by atoms with Gasteiger partial charge in [-0.2, -0.15) is 5.10 Å². The van der Waals surface area contributed by atoms with Gasteiger partial charge in [-0.15, -0.1) is 0 Å². The number of rotatable bonds is 8. The van der Waals surface area contributed by atoms with Crippen molar-refractivity contribution in [2.75, 3.05) is 42.9 Å². The van der Waals surface area contributed by atoms with E-state index in [2.05, 4.69) is 43.9 Å². The molecule has 0 spiro atoms. The Balaban J connectivity index is 0.895. The first-order chi connectivity index (χ1) is 21.9. The highest BCUT2D eigenvalue weighted by molar-refractivity contribution is 6.23. The smallest absolute Gasteiger partial charge is 0.262 e. The number of fused-ring (bicyclic) bond motifs is 1. The molecule has 232 valence electrons.